The number of carbonyl (C=O) groups excluding carboxylic acids is 2. The summed E-state index contributed by atoms with van der Waals surface area (Å²) in [6.07, 6.45) is -9.99. The van der Waals surface area contributed by atoms with Crippen LogP contribution in [0.1, 0.15) is 61.9 Å². The van der Waals surface area contributed by atoms with Crippen molar-refractivity contribution in [2.45, 2.75) is 64.7 Å². The van der Waals surface area contributed by atoms with E-state index in [0.717, 1.165) is 18.1 Å². The van der Waals surface area contributed by atoms with E-state index in [-0.39, 0.29) is 42.4 Å². The third kappa shape index (κ3) is 8.27. The summed E-state index contributed by atoms with van der Waals surface area (Å²) in [5, 5.41) is 0. The molecule has 0 bridgehead atoms. The predicted octanol–water partition coefficient (Wildman–Crippen LogP) is 6.33. The fourth-order valence-electron chi connectivity index (χ4n) is 4.59. The van der Waals surface area contributed by atoms with Crippen LogP contribution in [-0.2, 0) is 38.5 Å². The maximum Gasteiger partial charge on any atom is 0.416 e. The van der Waals surface area contributed by atoms with Crippen molar-refractivity contribution in [3.05, 3.63) is 58.7 Å². The van der Waals surface area contributed by atoms with E-state index < -0.39 is 69.8 Å². The number of alkyl halides is 6. The molecule has 0 saturated carbocycles. The van der Waals surface area contributed by atoms with E-state index in [2.05, 4.69) is 4.72 Å². The third-order valence-electron chi connectivity index (χ3n) is 6.18. The van der Waals surface area contributed by atoms with Crippen molar-refractivity contribution in [1.29, 1.82) is 0 Å². The zero-order valence-corrected chi connectivity index (χ0v) is 23.4. The number of nitrogens with one attached hydrogen (secondary N) is 1. The molecule has 1 aliphatic rings. The molecule has 0 radical (unpaired) electrons. The number of fused-ring (bicyclic) bond motifs is 1. The Labute approximate surface area is 233 Å². The molecule has 1 heterocycles. The summed E-state index contributed by atoms with van der Waals surface area (Å²) >= 11 is 0. The largest absolute Gasteiger partial charge is 0.446 e. The molecular formula is C26H29F6N3O5S. The van der Waals surface area contributed by atoms with Gasteiger partial charge in [0.15, 0.2) is 0 Å². The molecule has 0 saturated heterocycles. The molecule has 15 heteroatoms. The zero-order chi connectivity index (χ0) is 30.9. The number of hydrogen-bond donors (Lipinski definition) is 1. The van der Waals surface area contributed by atoms with E-state index in [1.807, 2.05) is 0 Å². The molecule has 2 aromatic rings. The van der Waals surface area contributed by atoms with Crippen molar-refractivity contribution in [3.8, 4) is 0 Å². The van der Waals surface area contributed by atoms with Gasteiger partial charge in [-0.3, -0.25) is 14.4 Å². The first-order chi connectivity index (χ1) is 18.8. The molecule has 0 aliphatic carbocycles. The minimum Gasteiger partial charge on any atom is -0.446 e. The van der Waals surface area contributed by atoms with E-state index in [0.29, 0.717) is 12.1 Å². The van der Waals surface area contributed by atoms with Crippen LogP contribution in [-0.4, -0.2) is 44.2 Å². The van der Waals surface area contributed by atoms with Gasteiger partial charge in [-0.05, 0) is 68.7 Å². The van der Waals surface area contributed by atoms with Gasteiger partial charge in [-0.2, -0.15) is 26.3 Å². The highest BCUT2D eigenvalue weighted by Gasteiger charge is 2.38. The molecule has 41 heavy (non-hydrogen) atoms. The Hall–Kier alpha value is -3.49. The topological polar surface area (TPSA) is 96.0 Å². The highest BCUT2D eigenvalue weighted by molar-refractivity contribution is 7.92. The van der Waals surface area contributed by atoms with E-state index in [1.54, 1.807) is 13.8 Å². The molecule has 0 aromatic heterocycles. The molecule has 2 aromatic carbocycles. The van der Waals surface area contributed by atoms with Crippen molar-refractivity contribution in [1.82, 2.24) is 4.90 Å². The van der Waals surface area contributed by atoms with Gasteiger partial charge in [-0.25, -0.2) is 13.2 Å². The number of anilines is 2. The summed E-state index contributed by atoms with van der Waals surface area (Å²) in [5.74, 6) is -0.661. The average Bonchev–Trinajstić information content (AvgIpc) is 2.99. The second-order valence-electron chi connectivity index (χ2n) is 9.95. The van der Waals surface area contributed by atoms with E-state index in [9.17, 15) is 44.3 Å². The van der Waals surface area contributed by atoms with Crippen LogP contribution < -0.4 is 9.62 Å². The molecule has 2 amide bonds. The second kappa shape index (κ2) is 11.8. The predicted molar refractivity (Wildman–Crippen MR) is 139 cm³/mol. The fraction of sp³-hybridized carbons (Fsp3) is 0.462. The average molecular weight is 610 g/mol. The molecule has 0 spiro atoms. The lowest BCUT2D eigenvalue weighted by atomic mass is 9.97. The standard InChI is InChI=1S/C26H29F6N3O5S/c1-15(2)40-24(37)34-9-5-6-22(21-13-20(7-8-23(21)34)33-41(4,38)39)35(16(3)36)14-17-10-18(25(27,28)29)12-19(11-17)26(30,31)32/h7-8,10-13,15,22,33H,5-6,9,14H2,1-4H3. The van der Waals surface area contributed by atoms with Gasteiger partial charge >= 0.3 is 18.4 Å². The Kier molecular flexibility index (Phi) is 9.20. The highest BCUT2D eigenvalue weighted by atomic mass is 32.2. The lowest BCUT2D eigenvalue weighted by Gasteiger charge is -2.33. The van der Waals surface area contributed by atoms with Crippen LogP contribution in [0.5, 0.6) is 0 Å². The third-order valence-corrected chi connectivity index (χ3v) is 6.78. The van der Waals surface area contributed by atoms with Gasteiger partial charge in [0.25, 0.3) is 0 Å². The number of benzene rings is 2. The number of nitrogens with zero attached hydrogens (tertiary/aromatic N) is 2. The number of ether oxygens (including phenoxy) is 1. The molecule has 0 fully saturated rings. The molecule has 1 aliphatic heterocycles. The van der Waals surface area contributed by atoms with Crippen LogP contribution in [0.4, 0.5) is 42.5 Å². The molecule has 3 rings (SSSR count). The van der Waals surface area contributed by atoms with Crippen molar-refractivity contribution in [2.24, 2.45) is 0 Å². The van der Waals surface area contributed by atoms with Gasteiger partial charge in [-0.15, -0.1) is 0 Å². The lowest BCUT2D eigenvalue weighted by Crippen LogP contribution is -2.35. The van der Waals surface area contributed by atoms with Crippen LogP contribution in [0.25, 0.3) is 0 Å². The summed E-state index contributed by atoms with van der Waals surface area (Å²) in [6.45, 7) is 3.90. The Morgan fingerprint density at radius 3 is 2.12 bits per heavy atom. The smallest absolute Gasteiger partial charge is 0.416 e. The van der Waals surface area contributed by atoms with Crippen molar-refractivity contribution >= 4 is 33.4 Å². The maximum atomic E-state index is 13.5. The van der Waals surface area contributed by atoms with Crippen LogP contribution in [0.15, 0.2) is 36.4 Å². The Morgan fingerprint density at radius 1 is 1.05 bits per heavy atom. The minimum absolute atomic E-state index is 0.00387. The highest BCUT2D eigenvalue weighted by Crippen LogP contribution is 2.41. The molecular weight excluding hydrogens is 580 g/mol. The van der Waals surface area contributed by atoms with Crippen LogP contribution >= 0.6 is 0 Å². The second-order valence-corrected chi connectivity index (χ2v) is 11.7. The number of sulfonamides is 1. The Balaban J connectivity index is 2.16. The van der Waals surface area contributed by atoms with Crippen LogP contribution in [0.3, 0.4) is 0 Å². The summed E-state index contributed by atoms with van der Waals surface area (Å²) in [4.78, 5) is 28.2. The SMILES string of the molecule is CC(=O)N(Cc1cc(C(F)(F)F)cc(C(F)(F)F)c1)C1CCCN(C(=O)OC(C)C)c2ccc(NS(C)(=O)=O)cc21. The molecule has 8 nitrogen and oxygen atoms in total. The van der Waals surface area contributed by atoms with Gasteiger partial charge in [0.05, 0.1) is 35.2 Å². The Morgan fingerprint density at radius 2 is 1.63 bits per heavy atom. The minimum atomic E-state index is -5.07. The van der Waals surface area contributed by atoms with Gasteiger partial charge in [0.1, 0.15) is 0 Å². The monoisotopic (exact) mass is 609 g/mol. The summed E-state index contributed by atoms with van der Waals surface area (Å²) in [6, 6.07) is 4.37. The molecule has 1 atom stereocenters. The number of carbonyl (C=O) groups is 2. The quantitative estimate of drug-likeness (QED) is 0.386. The van der Waals surface area contributed by atoms with E-state index in [1.165, 1.54) is 23.1 Å². The van der Waals surface area contributed by atoms with Crippen molar-refractivity contribution in [3.63, 3.8) is 0 Å². The first kappa shape index (κ1) is 32.0. The molecule has 1 unspecified atom stereocenters. The van der Waals surface area contributed by atoms with Gasteiger partial charge in [0, 0.05) is 31.3 Å². The number of rotatable bonds is 6. The normalized spacial score (nSPS) is 16.2. The van der Waals surface area contributed by atoms with E-state index in [4.69, 9.17) is 4.74 Å². The fourth-order valence-corrected chi connectivity index (χ4v) is 5.15. The van der Waals surface area contributed by atoms with Gasteiger partial charge < -0.3 is 9.64 Å². The summed E-state index contributed by atoms with van der Waals surface area (Å²) < 4.78 is 112. The zero-order valence-electron chi connectivity index (χ0n) is 22.6. The van der Waals surface area contributed by atoms with Crippen LogP contribution in [0, 0.1) is 0 Å². The first-order valence-electron chi connectivity index (χ1n) is 12.4. The number of halogens is 6. The van der Waals surface area contributed by atoms with Crippen molar-refractivity contribution in [2.75, 3.05) is 22.4 Å². The molecule has 226 valence electrons. The first-order valence-corrected chi connectivity index (χ1v) is 14.3. The van der Waals surface area contributed by atoms with Crippen molar-refractivity contribution < 1.29 is 49.1 Å². The van der Waals surface area contributed by atoms with E-state index >= 15 is 0 Å². The number of amides is 2. The molecule has 1 N–H and O–H groups in total. The van der Waals surface area contributed by atoms with Gasteiger partial charge in [-0.1, -0.05) is 0 Å². The van der Waals surface area contributed by atoms with Gasteiger partial charge in [0.2, 0.25) is 15.9 Å². The maximum absolute atomic E-state index is 13.5. The number of hydrogen-bond acceptors (Lipinski definition) is 5. The lowest BCUT2D eigenvalue weighted by molar-refractivity contribution is -0.143. The Bertz CT molecular complexity index is 1380. The summed E-state index contributed by atoms with van der Waals surface area (Å²) in [7, 11) is -3.75. The summed E-state index contributed by atoms with van der Waals surface area (Å²) in [5.41, 5.74) is -2.85. The van der Waals surface area contributed by atoms with Crippen LogP contribution in [0.2, 0.25) is 0 Å².